The molecule has 4 nitrogen and oxygen atoms in total. The van der Waals surface area contributed by atoms with Crippen LogP contribution >= 0.6 is 0 Å². The van der Waals surface area contributed by atoms with Gasteiger partial charge >= 0.3 is 0 Å². The number of nitrogens with two attached hydrogens (primary N) is 1. The van der Waals surface area contributed by atoms with Crippen LogP contribution in [0.5, 0.6) is 0 Å². The van der Waals surface area contributed by atoms with Crippen molar-refractivity contribution in [3.8, 4) is 0 Å². The molecule has 0 aromatic heterocycles. The van der Waals surface area contributed by atoms with E-state index in [1.54, 1.807) is 0 Å². The quantitative estimate of drug-likeness (QED) is 0.788. The van der Waals surface area contributed by atoms with E-state index in [0.29, 0.717) is 24.4 Å². The highest BCUT2D eigenvalue weighted by Gasteiger charge is 2.38. The van der Waals surface area contributed by atoms with Crippen LogP contribution in [0.1, 0.15) is 52.9 Å². The highest BCUT2D eigenvalue weighted by atomic mass is 16.2. The van der Waals surface area contributed by atoms with Gasteiger partial charge in [0, 0.05) is 25.2 Å². The predicted octanol–water partition coefficient (Wildman–Crippen LogP) is 1.99. The molecule has 1 amide bonds. The first-order valence-corrected chi connectivity index (χ1v) is 8.73. The zero-order valence-electron chi connectivity index (χ0n) is 14.0. The lowest BCUT2D eigenvalue weighted by Crippen LogP contribution is -2.41. The maximum absolute atomic E-state index is 12.2. The molecule has 0 aromatic carbocycles. The second-order valence-corrected chi connectivity index (χ2v) is 7.65. The van der Waals surface area contributed by atoms with Crippen LogP contribution < -0.4 is 11.1 Å². The summed E-state index contributed by atoms with van der Waals surface area (Å²) >= 11 is 0. The van der Waals surface area contributed by atoms with Crippen LogP contribution in [0.25, 0.3) is 0 Å². The van der Waals surface area contributed by atoms with E-state index in [1.807, 2.05) is 0 Å². The highest BCUT2D eigenvalue weighted by Crippen LogP contribution is 2.35. The van der Waals surface area contributed by atoms with E-state index in [0.717, 1.165) is 31.8 Å². The zero-order valence-corrected chi connectivity index (χ0v) is 14.0. The summed E-state index contributed by atoms with van der Waals surface area (Å²) in [5, 5.41) is 3.14. The van der Waals surface area contributed by atoms with Crippen LogP contribution in [0.2, 0.25) is 0 Å². The lowest BCUT2D eigenvalue weighted by molar-refractivity contribution is -0.122. The average molecular weight is 295 g/mol. The molecule has 4 heteroatoms. The molecule has 1 aliphatic carbocycles. The van der Waals surface area contributed by atoms with Crippen LogP contribution in [0, 0.1) is 17.8 Å². The molecule has 2 aliphatic rings. The number of fused-ring (bicyclic) bond motifs is 1. The molecular weight excluding hydrogens is 262 g/mol. The van der Waals surface area contributed by atoms with Gasteiger partial charge in [0.1, 0.15) is 0 Å². The van der Waals surface area contributed by atoms with Crippen molar-refractivity contribution < 1.29 is 4.79 Å². The molecule has 1 aliphatic heterocycles. The molecular formula is C17H33N3O. The number of rotatable bonds is 6. The van der Waals surface area contributed by atoms with Gasteiger partial charge in [-0.1, -0.05) is 20.3 Å². The smallest absolute Gasteiger partial charge is 0.234 e. The molecule has 0 radical (unpaired) electrons. The SMILES string of the molecule is CC(C)CCC(C)NC(=O)CN1CC2CCCC(N)C2C1. The first-order chi connectivity index (χ1) is 9.95. The molecule has 0 aromatic rings. The summed E-state index contributed by atoms with van der Waals surface area (Å²) in [5.41, 5.74) is 6.23. The minimum Gasteiger partial charge on any atom is -0.353 e. The normalized spacial score (nSPS) is 31.2. The fraction of sp³-hybridized carbons (Fsp3) is 0.941. The van der Waals surface area contributed by atoms with Gasteiger partial charge in [-0.2, -0.15) is 0 Å². The van der Waals surface area contributed by atoms with Crippen LogP contribution in [0.3, 0.4) is 0 Å². The maximum atomic E-state index is 12.2. The number of carbonyl (C=O) groups excluding carboxylic acids is 1. The molecule has 1 heterocycles. The van der Waals surface area contributed by atoms with E-state index in [2.05, 4.69) is 31.0 Å². The first kappa shape index (κ1) is 16.8. The molecule has 2 fully saturated rings. The summed E-state index contributed by atoms with van der Waals surface area (Å²) in [6.07, 6.45) is 5.95. The van der Waals surface area contributed by atoms with Gasteiger partial charge in [-0.3, -0.25) is 9.69 Å². The number of hydrogen-bond acceptors (Lipinski definition) is 3. The highest BCUT2D eigenvalue weighted by molar-refractivity contribution is 5.78. The third-order valence-electron chi connectivity index (χ3n) is 5.18. The Morgan fingerprint density at radius 1 is 1.24 bits per heavy atom. The van der Waals surface area contributed by atoms with E-state index in [1.165, 1.54) is 19.3 Å². The Morgan fingerprint density at radius 3 is 2.67 bits per heavy atom. The van der Waals surface area contributed by atoms with Crippen LogP contribution in [0.15, 0.2) is 0 Å². The van der Waals surface area contributed by atoms with E-state index in [4.69, 9.17) is 5.73 Å². The van der Waals surface area contributed by atoms with Gasteiger partial charge in [0.15, 0.2) is 0 Å². The van der Waals surface area contributed by atoms with E-state index in [9.17, 15) is 4.79 Å². The largest absolute Gasteiger partial charge is 0.353 e. The number of hydrogen-bond donors (Lipinski definition) is 2. The summed E-state index contributed by atoms with van der Waals surface area (Å²) in [6.45, 7) is 9.19. The Kier molecular flexibility index (Phi) is 6.06. The fourth-order valence-electron chi connectivity index (χ4n) is 3.92. The van der Waals surface area contributed by atoms with Crippen molar-refractivity contribution in [3.63, 3.8) is 0 Å². The maximum Gasteiger partial charge on any atom is 0.234 e. The minimum absolute atomic E-state index is 0.179. The summed E-state index contributed by atoms with van der Waals surface area (Å²) in [5.74, 6) is 2.22. The lowest BCUT2D eigenvalue weighted by atomic mass is 9.78. The summed E-state index contributed by atoms with van der Waals surface area (Å²) in [4.78, 5) is 14.5. The van der Waals surface area contributed by atoms with Crippen molar-refractivity contribution >= 4 is 5.91 Å². The monoisotopic (exact) mass is 295 g/mol. The Balaban J connectivity index is 1.71. The van der Waals surface area contributed by atoms with Crippen molar-refractivity contribution in [2.45, 2.75) is 65.0 Å². The van der Waals surface area contributed by atoms with Gasteiger partial charge in [-0.05, 0) is 50.4 Å². The van der Waals surface area contributed by atoms with Crippen LogP contribution in [0.4, 0.5) is 0 Å². The topological polar surface area (TPSA) is 58.4 Å². The molecule has 3 N–H and O–H groups in total. The van der Waals surface area contributed by atoms with Gasteiger partial charge in [0.05, 0.1) is 6.54 Å². The van der Waals surface area contributed by atoms with Gasteiger partial charge < -0.3 is 11.1 Å². The van der Waals surface area contributed by atoms with Gasteiger partial charge in [0.25, 0.3) is 0 Å². The molecule has 0 bridgehead atoms. The van der Waals surface area contributed by atoms with Gasteiger partial charge in [-0.25, -0.2) is 0 Å². The zero-order chi connectivity index (χ0) is 15.4. The van der Waals surface area contributed by atoms with Crippen LogP contribution in [-0.2, 0) is 4.79 Å². The number of nitrogens with one attached hydrogen (secondary N) is 1. The number of nitrogens with zero attached hydrogens (tertiary/aromatic N) is 1. The molecule has 4 unspecified atom stereocenters. The first-order valence-electron chi connectivity index (χ1n) is 8.73. The second-order valence-electron chi connectivity index (χ2n) is 7.65. The van der Waals surface area contributed by atoms with E-state index >= 15 is 0 Å². The van der Waals surface area contributed by atoms with Crippen molar-refractivity contribution in [1.29, 1.82) is 0 Å². The molecule has 0 spiro atoms. The summed E-state index contributed by atoms with van der Waals surface area (Å²) in [7, 11) is 0. The predicted molar refractivity (Wildman–Crippen MR) is 86.9 cm³/mol. The Bertz CT molecular complexity index is 345. The number of likely N-dealkylation sites (tertiary alicyclic amines) is 1. The summed E-state index contributed by atoms with van der Waals surface area (Å²) in [6, 6.07) is 0.633. The third kappa shape index (κ3) is 4.96. The van der Waals surface area contributed by atoms with Crippen molar-refractivity contribution in [2.75, 3.05) is 19.6 Å². The lowest BCUT2D eigenvalue weighted by Gasteiger charge is -2.29. The Labute approximate surface area is 129 Å². The fourth-order valence-corrected chi connectivity index (χ4v) is 3.92. The van der Waals surface area contributed by atoms with E-state index < -0.39 is 0 Å². The molecule has 4 atom stereocenters. The van der Waals surface area contributed by atoms with Gasteiger partial charge in [-0.15, -0.1) is 0 Å². The third-order valence-corrected chi connectivity index (χ3v) is 5.18. The molecule has 122 valence electrons. The summed E-state index contributed by atoms with van der Waals surface area (Å²) < 4.78 is 0. The van der Waals surface area contributed by atoms with Crippen LogP contribution in [-0.4, -0.2) is 42.5 Å². The number of amides is 1. The average Bonchev–Trinajstić information content (AvgIpc) is 2.80. The second kappa shape index (κ2) is 7.59. The molecule has 1 saturated carbocycles. The molecule has 21 heavy (non-hydrogen) atoms. The minimum atomic E-state index is 0.179. The number of carbonyl (C=O) groups is 1. The Hall–Kier alpha value is -0.610. The van der Waals surface area contributed by atoms with Crippen molar-refractivity contribution in [3.05, 3.63) is 0 Å². The van der Waals surface area contributed by atoms with Crippen molar-refractivity contribution in [2.24, 2.45) is 23.5 Å². The molecule has 2 rings (SSSR count). The van der Waals surface area contributed by atoms with Gasteiger partial charge in [0.2, 0.25) is 5.91 Å². The Morgan fingerprint density at radius 2 is 2.00 bits per heavy atom. The standard InChI is InChI=1S/C17H33N3O/c1-12(2)7-8-13(3)19-17(21)11-20-9-14-5-4-6-16(18)15(14)10-20/h12-16H,4-11,18H2,1-3H3,(H,19,21). The van der Waals surface area contributed by atoms with Crippen molar-refractivity contribution in [1.82, 2.24) is 10.2 Å². The molecule has 1 saturated heterocycles. The van der Waals surface area contributed by atoms with E-state index in [-0.39, 0.29) is 11.9 Å².